The molecule has 1 aliphatic heterocycles. The van der Waals surface area contributed by atoms with Crippen molar-refractivity contribution in [1.29, 1.82) is 0 Å². The first-order chi connectivity index (χ1) is 8.20. The molecule has 2 rings (SSSR count). The van der Waals surface area contributed by atoms with Gasteiger partial charge in [0.25, 0.3) is 0 Å². The third kappa shape index (κ3) is 2.85. The fraction of sp³-hybridized carbons (Fsp3) is 0.667. The molecule has 17 heavy (non-hydrogen) atoms. The van der Waals surface area contributed by atoms with Crippen LogP contribution in [0.2, 0.25) is 0 Å². The van der Waals surface area contributed by atoms with E-state index in [1.54, 1.807) is 0 Å². The minimum absolute atomic E-state index is 0.0521. The summed E-state index contributed by atoms with van der Waals surface area (Å²) in [5.41, 5.74) is 2.22. The van der Waals surface area contributed by atoms with E-state index in [2.05, 4.69) is 28.7 Å². The van der Waals surface area contributed by atoms with Gasteiger partial charge in [-0.05, 0) is 25.3 Å². The van der Waals surface area contributed by atoms with Crippen molar-refractivity contribution in [3.63, 3.8) is 0 Å². The van der Waals surface area contributed by atoms with Crippen LogP contribution in [0.1, 0.15) is 31.2 Å². The fourth-order valence-corrected chi connectivity index (χ4v) is 2.10. The van der Waals surface area contributed by atoms with Gasteiger partial charge in [-0.25, -0.2) is 0 Å². The number of hydrogen-bond donors (Lipinski definition) is 2. The number of aryl methyl sites for hydroxylation is 2. The first-order valence-corrected chi connectivity index (χ1v) is 6.23. The Bertz CT molecular complexity index is 399. The second kappa shape index (κ2) is 5.31. The molecule has 0 saturated carbocycles. The summed E-state index contributed by atoms with van der Waals surface area (Å²) < 4.78 is 1.88. The molecule has 1 unspecified atom stereocenters. The number of nitrogens with zero attached hydrogens (tertiary/aromatic N) is 2. The lowest BCUT2D eigenvalue weighted by Crippen LogP contribution is -2.48. The number of piperidine rings is 1. The molecule has 1 amide bonds. The van der Waals surface area contributed by atoms with Crippen molar-refractivity contribution in [2.75, 3.05) is 6.54 Å². The summed E-state index contributed by atoms with van der Waals surface area (Å²) in [5.74, 6) is 0.120. The topological polar surface area (TPSA) is 58.9 Å². The lowest BCUT2D eigenvalue weighted by molar-refractivity contribution is -0.124. The van der Waals surface area contributed by atoms with Gasteiger partial charge in [-0.15, -0.1) is 0 Å². The lowest BCUT2D eigenvalue weighted by Gasteiger charge is -2.22. The first-order valence-electron chi connectivity index (χ1n) is 6.23. The van der Waals surface area contributed by atoms with Crippen molar-refractivity contribution in [3.8, 4) is 0 Å². The lowest BCUT2D eigenvalue weighted by atomic mass is 10.1. The molecule has 1 aliphatic rings. The zero-order valence-electron chi connectivity index (χ0n) is 10.5. The highest BCUT2D eigenvalue weighted by molar-refractivity contribution is 5.82. The zero-order chi connectivity index (χ0) is 12.3. The van der Waals surface area contributed by atoms with E-state index in [4.69, 9.17) is 0 Å². The Labute approximate surface area is 102 Å². The molecule has 1 saturated heterocycles. The summed E-state index contributed by atoms with van der Waals surface area (Å²) in [6.07, 6.45) is 2.91. The van der Waals surface area contributed by atoms with Crippen molar-refractivity contribution < 1.29 is 4.79 Å². The Kier molecular flexibility index (Phi) is 3.78. The van der Waals surface area contributed by atoms with Crippen LogP contribution >= 0.6 is 0 Å². The Balaban J connectivity index is 1.92. The van der Waals surface area contributed by atoms with E-state index in [9.17, 15) is 4.79 Å². The zero-order valence-corrected chi connectivity index (χ0v) is 10.5. The van der Waals surface area contributed by atoms with Crippen LogP contribution in [0.3, 0.4) is 0 Å². The van der Waals surface area contributed by atoms with E-state index in [0.29, 0.717) is 6.54 Å². The monoisotopic (exact) mass is 236 g/mol. The van der Waals surface area contributed by atoms with Crippen LogP contribution in [0.5, 0.6) is 0 Å². The SMILES string of the molecule is CCc1cc(CNC2CCCNC2=O)n(C)n1. The summed E-state index contributed by atoms with van der Waals surface area (Å²) >= 11 is 0. The predicted octanol–water partition coefficient (Wildman–Crippen LogP) is 0.351. The third-order valence-corrected chi connectivity index (χ3v) is 3.20. The number of carbonyl (C=O) groups excluding carboxylic acids is 1. The van der Waals surface area contributed by atoms with Gasteiger partial charge in [0, 0.05) is 20.1 Å². The Hall–Kier alpha value is -1.36. The van der Waals surface area contributed by atoms with E-state index in [1.165, 1.54) is 0 Å². The molecular formula is C12H20N4O. The van der Waals surface area contributed by atoms with Crippen LogP contribution < -0.4 is 10.6 Å². The molecule has 0 aromatic carbocycles. The second-order valence-electron chi connectivity index (χ2n) is 4.47. The van der Waals surface area contributed by atoms with Crippen molar-refractivity contribution >= 4 is 5.91 Å². The average Bonchev–Trinajstić information content (AvgIpc) is 2.69. The van der Waals surface area contributed by atoms with Crippen LogP contribution in [0, 0.1) is 0 Å². The first kappa shape index (κ1) is 12.1. The highest BCUT2D eigenvalue weighted by Gasteiger charge is 2.21. The van der Waals surface area contributed by atoms with Crippen LogP contribution in [0.4, 0.5) is 0 Å². The van der Waals surface area contributed by atoms with E-state index in [0.717, 1.165) is 37.2 Å². The summed E-state index contributed by atoms with van der Waals surface area (Å²) in [5, 5.41) is 10.6. The quantitative estimate of drug-likeness (QED) is 0.793. The molecule has 5 nitrogen and oxygen atoms in total. The molecule has 2 heterocycles. The maximum atomic E-state index is 11.6. The third-order valence-electron chi connectivity index (χ3n) is 3.20. The summed E-state index contributed by atoms with van der Waals surface area (Å²) in [7, 11) is 1.94. The van der Waals surface area contributed by atoms with Crippen LogP contribution in [-0.2, 0) is 24.8 Å². The van der Waals surface area contributed by atoms with Gasteiger partial charge < -0.3 is 10.6 Å². The maximum Gasteiger partial charge on any atom is 0.237 e. The van der Waals surface area contributed by atoms with Crippen LogP contribution in [0.25, 0.3) is 0 Å². The van der Waals surface area contributed by atoms with Gasteiger partial charge in [0.15, 0.2) is 0 Å². The van der Waals surface area contributed by atoms with Gasteiger partial charge in [0.05, 0.1) is 17.4 Å². The molecule has 2 N–H and O–H groups in total. The predicted molar refractivity (Wildman–Crippen MR) is 65.5 cm³/mol. The normalized spacial score (nSPS) is 20.4. The van der Waals surface area contributed by atoms with Crippen molar-refractivity contribution in [3.05, 3.63) is 17.5 Å². The highest BCUT2D eigenvalue weighted by Crippen LogP contribution is 2.07. The number of rotatable bonds is 4. The molecule has 5 heteroatoms. The number of aromatic nitrogens is 2. The summed E-state index contributed by atoms with van der Waals surface area (Å²) in [6, 6.07) is 2.04. The molecule has 0 spiro atoms. The van der Waals surface area contributed by atoms with Crippen molar-refractivity contribution in [1.82, 2.24) is 20.4 Å². The molecule has 1 aromatic rings. The minimum atomic E-state index is -0.0521. The van der Waals surface area contributed by atoms with Gasteiger partial charge in [-0.3, -0.25) is 9.48 Å². The standard InChI is InChI=1S/C12H20N4O/c1-3-9-7-10(16(2)15-9)8-14-11-5-4-6-13-12(11)17/h7,11,14H,3-6,8H2,1-2H3,(H,13,17). The molecule has 94 valence electrons. The van der Waals surface area contributed by atoms with Crippen LogP contribution in [-0.4, -0.2) is 28.3 Å². The van der Waals surface area contributed by atoms with E-state index < -0.39 is 0 Å². The van der Waals surface area contributed by atoms with E-state index in [1.807, 2.05) is 11.7 Å². The smallest absolute Gasteiger partial charge is 0.237 e. The molecule has 0 aliphatic carbocycles. The molecule has 1 atom stereocenters. The molecule has 1 fully saturated rings. The van der Waals surface area contributed by atoms with Gasteiger partial charge in [-0.1, -0.05) is 6.92 Å². The van der Waals surface area contributed by atoms with E-state index >= 15 is 0 Å². The van der Waals surface area contributed by atoms with Crippen LogP contribution in [0.15, 0.2) is 6.07 Å². The second-order valence-corrected chi connectivity index (χ2v) is 4.47. The van der Waals surface area contributed by atoms with Crippen molar-refractivity contribution in [2.45, 2.75) is 38.8 Å². The Morgan fingerprint density at radius 2 is 2.47 bits per heavy atom. The van der Waals surface area contributed by atoms with Gasteiger partial charge in [0.2, 0.25) is 5.91 Å². The number of nitrogens with one attached hydrogen (secondary N) is 2. The Morgan fingerprint density at radius 1 is 1.65 bits per heavy atom. The number of hydrogen-bond acceptors (Lipinski definition) is 3. The minimum Gasteiger partial charge on any atom is -0.355 e. The largest absolute Gasteiger partial charge is 0.355 e. The van der Waals surface area contributed by atoms with Gasteiger partial charge in [0.1, 0.15) is 0 Å². The number of carbonyl (C=O) groups is 1. The molecule has 1 aromatic heterocycles. The molecular weight excluding hydrogens is 216 g/mol. The maximum absolute atomic E-state index is 11.6. The van der Waals surface area contributed by atoms with E-state index in [-0.39, 0.29) is 11.9 Å². The fourth-order valence-electron chi connectivity index (χ4n) is 2.10. The summed E-state index contributed by atoms with van der Waals surface area (Å²) in [6.45, 7) is 3.60. The highest BCUT2D eigenvalue weighted by atomic mass is 16.2. The van der Waals surface area contributed by atoms with Gasteiger partial charge >= 0.3 is 0 Å². The average molecular weight is 236 g/mol. The molecule has 0 radical (unpaired) electrons. The molecule has 0 bridgehead atoms. The Morgan fingerprint density at radius 3 is 3.12 bits per heavy atom. The van der Waals surface area contributed by atoms with Crippen molar-refractivity contribution in [2.24, 2.45) is 7.05 Å². The summed E-state index contributed by atoms with van der Waals surface area (Å²) in [4.78, 5) is 11.6. The van der Waals surface area contributed by atoms with Gasteiger partial charge in [-0.2, -0.15) is 5.10 Å². The number of amides is 1.